The lowest BCUT2D eigenvalue weighted by Gasteiger charge is -2.26. The lowest BCUT2D eigenvalue weighted by Crippen LogP contribution is -2.37. The van der Waals surface area contributed by atoms with Gasteiger partial charge in [0.1, 0.15) is 0 Å². The minimum absolute atomic E-state index is 0.00989. The number of Topliss-reactive ketones (excluding diaryl/α,β-unsaturated/α-hetero) is 1. The number of nitrogens with zero attached hydrogens (tertiary/aromatic N) is 5. The van der Waals surface area contributed by atoms with E-state index in [0.717, 1.165) is 31.6 Å². The van der Waals surface area contributed by atoms with Crippen molar-refractivity contribution in [2.24, 2.45) is 0 Å². The average molecular weight is 527 g/mol. The van der Waals surface area contributed by atoms with E-state index < -0.39 is 16.4 Å². The third kappa shape index (κ3) is 6.21. The Kier molecular flexibility index (Phi) is 7.58. The highest BCUT2D eigenvalue weighted by Gasteiger charge is 2.31. The van der Waals surface area contributed by atoms with Crippen molar-refractivity contribution in [3.63, 3.8) is 0 Å². The lowest BCUT2D eigenvalue weighted by molar-refractivity contribution is -0.384. The van der Waals surface area contributed by atoms with E-state index in [1.165, 1.54) is 0 Å². The molecule has 3 heterocycles. The van der Waals surface area contributed by atoms with E-state index in [-0.39, 0.29) is 23.9 Å². The number of nitro groups is 1. The summed E-state index contributed by atoms with van der Waals surface area (Å²) in [6.07, 6.45) is 2.79. The van der Waals surface area contributed by atoms with Crippen molar-refractivity contribution >= 4 is 46.3 Å². The molecule has 0 spiro atoms. The van der Waals surface area contributed by atoms with E-state index in [9.17, 15) is 14.9 Å². The van der Waals surface area contributed by atoms with Gasteiger partial charge >= 0.3 is 5.69 Å². The smallest absolute Gasteiger partial charge is 0.340 e. The van der Waals surface area contributed by atoms with Crippen LogP contribution >= 0.6 is 11.6 Å². The second-order valence-corrected chi connectivity index (χ2v) is 9.45. The molecule has 1 aliphatic heterocycles. The van der Waals surface area contributed by atoms with Crippen molar-refractivity contribution < 1.29 is 14.5 Å². The quantitative estimate of drug-likeness (QED) is 0.186. The number of aromatic nitrogens is 4. The number of anilines is 4. The first-order chi connectivity index (χ1) is 18.0. The van der Waals surface area contributed by atoms with Gasteiger partial charge in [-0.15, -0.1) is 0 Å². The van der Waals surface area contributed by atoms with E-state index in [1.807, 2.05) is 0 Å². The molecule has 0 bridgehead atoms. The van der Waals surface area contributed by atoms with Gasteiger partial charge in [-0.2, -0.15) is 10.1 Å². The molecule has 2 aliphatic rings. The number of carbonyl (C=O) groups excluding carboxylic acids is 1. The molecule has 12 nitrogen and oxygen atoms in total. The van der Waals surface area contributed by atoms with E-state index >= 15 is 0 Å². The Balaban J connectivity index is 1.44. The highest BCUT2D eigenvalue weighted by molar-refractivity contribution is 6.33. The first kappa shape index (κ1) is 25.1. The van der Waals surface area contributed by atoms with Gasteiger partial charge in [0.25, 0.3) is 0 Å². The number of ether oxygens (including phenoxy) is 1. The van der Waals surface area contributed by atoms with Crippen LogP contribution in [0.2, 0.25) is 5.02 Å². The van der Waals surface area contributed by atoms with Gasteiger partial charge in [-0.05, 0) is 37.9 Å². The molecule has 194 valence electrons. The number of hydrogen-bond acceptors (Lipinski definition) is 10. The largest absolute Gasteiger partial charge is 0.379 e. The fraction of sp³-hybridized carbons (Fsp3) is 0.417. The molecular weight excluding hydrogens is 500 g/mol. The van der Waals surface area contributed by atoms with E-state index in [1.54, 1.807) is 30.3 Å². The van der Waals surface area contributed by atoms with Gasteiger partial charge in [0.05, 0.1) is 28.8 Å². The molecule has 1 aliphatic carbocycles. The Morgan fingerprint density at radius 3 is 2.73 bits per heavy atom. The van der Waals surface area contributed by atoms with E-state index in [0.29, 0.717) is 48.6 Å². The van der Waals surface area contributed by atoms with Crippen molar-refractivity contribution in [2.45, 2.75) is 31.6 Å². The normalized spacial score (nSPS) is 15.9. The molecule has 3 N–H and O–H groups in total. The summed E-state index contributed by atoms with van der Waals surface area (Å²) >= 11 is 6.27. The number of morpholine rings is 1. The van der Waals surface area contributed by atoms with Crippen molar-refractivity contribution in [3.8, 4) is 0 Å². The lowest BCUT2D eigenvalue weighted by atomic mass is 10.1. The zero-order chi connectivity index (χ0) is 25.8. The van der Waals surface area contributed by atoms with Gasteiger partial charge in [0, 0.05) is 37.2 Å². The predicted molar refractivity (Wildman–Crippen MR) is 138 cm³/mol. The number of carbonyl (C=O) groups is 1. The number of ketones is 1. The van der Waals surface area contributed by atoms with Gasteiger partial charge in [0.15, 0.2) is 17.3 Å². The summed E-state index contributed by atoms with van der Waals surface area (Å²) < 4.78 is 5.36. The molecule has 37 heavy (non-hydrogen) atoms. The van der Waals surface area contributed by atoms with Gasteiger partial charge in [-0.25, -0.2) is 4.98 Å². The third-order valence-corrected chi connectivity index (χ3v) is 6.62. The monoisotopic (exact) mass is 526 g/mol. The first-order valence-corrected chi connectivity index (χ1v) is 12.6. The van der Waals surface area contributed by atoms with Crippen LogP contribution in [0.25, 0.3) is 0 Å². The summed E-state index contributed by atoms with van der Waals surface area (Å²) in [4.78, 5) is 35.6. The molecule has 1 saturated heterocycles. The summed E-state index contributed by atoms with van der Waals surface area (Å²) in [7, 11) is 0. The average Bonchev–Trinajstić information content (AvgIpc) is 3.64. The van der Waals surface area contributed by atoms with Crippen LogP contribution in [0.1, 0.15) is 47.8 Å². The maximum absolute atomic E-state index is 13.2. The Bertz CT molecular complexity index is 1290. The molecule has 0 amide bonds. The number of halogens is 1. The molecule has 0 atom stereocenters. The van der Waals surface area contributed by atoms with Crippen molar-refractivity contribution in [3.05, 3.63) is 56.9 Å². The second kappa shape index (κ2) is 11.2. The molecule has 1 saturated carbocycles. The Hall–Kier alpha value is -3.61. The van der Waals surface area contributed by atoms with Crippen LogP contribution in [-0.4, -0.2) is 68.6 Å². The van der Waals surface area contributed by atoms with Crippen LogP contribution in [0.15, 0.2) is 30.3 Å². The zero-order valence-electron chi connectivity index (χ0n) is 20.1. The van der Waals surface area contributed by atoms with E-state index in [2.05, 4.69) is 35.7 Å². The van der Waals surface area contributed by atoms with Crippen LogP contribution in [0, 0.1) is 10.1 Å². The number of benzene rings is 1. The van der Waals surface area contributed by atoms with Crippen LogP contribution < -0.4 is 10.6 Å². The van der Waals surface area contributed by atoms with Crippen molar-refractivity contribution in [2.75, 3.05) is 43.5 Å². The third-order valence-electron chi connectivity index (χ3n) is 6.29. The topological polar surface area (TPSA) is 151 Å². The minimum Gasteiger partial charge on any atom is -0.379 e. The minimum atomic E-state index is -0.634. The maximum atomic E-state index is 13.2. The molecule has 0 radical (unpaired) electrons. The van der Waals surface area contributed by atoms with E-state index in [4.69, 9.17) is 16.3 Å². The van der Waals surface area contributed by atoms with Crippen LogP contribution in [-0.2, 0) is 4.74 Å². The Morgan fingerprint density at radius 2 is 2.00 bits per heavy atom. The van der Waals surface area contributed by atoms with Gasteiger partial charge in [-0.1, -0.05) is 23.7 Å². The second-order valence-electron chi connectivity index (χ2n) is 9.04. The fourth-order valence-electron chi connectivity index (χ4n) is 4.18. The zero-order valence-corrected chi connectivity index (χ0v) is 20.8. The highest BCUT2D eigenvalue weighted by Crippen LogP contribution is 2.40. The molecular formula is C24H27ClN8O4. The molecule has 5 rings (SSSR count). The Morgan fingerprint density at radius 1 is 1.22 bits per heavy atom. The molecule has 13 heteroatoms. The molecule has 2 aromatic heterocycles. The van der Waals surface area contributed by atoms with Gasteiger partial charge in [-0.3, -0.25) is 24.9 Å². The van der Waals surface area contributed by atoms with Crippen molar-refractivity contribution in [1.82, 2.24) is 25.1 Å². The number of hydrogen-bond donors (Lipinski definition) is 3. The van der Waals surface area contributed by atoms with Crippen LogP contribution in [0.3, 0.4) is 0 Å². The number of rotatable bonds is 11. The van der Waals surface area contributed by atoms with Gasteiger partial charge in [0.2, 0.25) is 11.8 Å². The number of H-pyrrole nitrogens is 1. The highest BCUT2D eigenvalue weighted by atomic mass is 35.5. The van der Waals surface area contributed by atoms with Crippen LogP contribution in [0.4, 0.5) is 29.0 Å². The SMILES string of the molecule is O=C(CCCN1CCOCC1)c1nc(Nc2ccccc2Cl)nc(Nc2cc(C3CC3)[nH]n2)c1[N+](=O)[O-]. The number of para-hydroxylation sites is 1. The summed E-state index contributed by atoms with van der Waals surface area (Å²) in [5, 5.41) is 25.6. The standard InChI is InChI=1S/C24H27ClN8O4/c25-16-4-1-2-5-17(16)26-24-28-21(19(34)6-3-9-32-10-12-37-13-11-32)22(33(35)36)23(29-24)27-20-14-18(30-31-20)15-7-8-15/h1-2,4-5,14-15H,3,6-13H2,(H3,26,27,28,29,30,31). The predicted octanol–water partition coefficient (Wildman–Crippen LogP) is 4.42. The summed E-state index contributed by atoms with van der Waals surface area (Å²) in [6.45, 7) is 3.61. The maximum Gasteiger partial charge on any atom is 0.340 e. The summed E-state index contributed by atoms with van der Waals surface area (Å²) in [5.41, 5.74) is 0.701. The molecule has 2 fully saturated rings. The number of aromatic amines is 1. The van der Waals surface area contributed by atoms with Crippen molar-refractivity contribution in [1.29, 1.82) is 0 Å². The summed E-state index contributed by atoms with van der Waals surface area (Å²) in [5.74, 6) is 0.242. The van der Waals surface area contributed by atoms with Gasteiger partial charge < -0.3 is 15.4 Å². The molecule has 1 aromatic carbocycles. The molecule has 0 unspecified atom stereocenters. The summed E-state index contributed by atoms with van der Waals surface area (Å²) in [6, 6.07) is 8.76. The fourth-order valence-corrected chi connectivity index (χ4v) is 4.36. The first-order valence-electron chi connectivity index (χ1n) is 12.2. The Labute approximate surface area is 217 Å². The van der Waals surface area contributed by atoms with Crippen LogP contribution in [0.5, 0.6) is 0 Å². The number of nitrogens with one attached hydrogen (secondary N) is 3. The molecule has 3 aromatic rings.